The minimum absolute atomic E-state index is 0.295. The predicted molar refractivity (Wildman–Crippen MR) is 94.9 cm³/mol. The van der Waals surface area contributed by atoms with Crippen molar-refractivity contribution < 1.29 is 4.74 Å². The van der Waals surface area contributed by atoms with E-state index in [0.717, 1.165) is 44.3 Å². The maximum absolute atomic E-state index is 5.62. The molecule has 1 aromatic carbocycles. The van der Waals surface area contributed by atoms with Gasteiger partial charge < -0.3 is 19.9 Å². The Kier molecular flexibility index (Phi) is 5.85. The largest absolute Gasteiger partial charge is 0.376 e. The van der Waals surface area contributed by atoms with Gasteiger partial charge in [0.15, 0.2) is 5.96 Å². The summed E-state index contributed by atoms with van der Waals surface area (Å²) in [4.78, 5) is 8.71. The molecule has 0 saturated carbocycles. The molecular weight excluding hydrogens is 302 g/mol. The van der Waals surface area contributed by atoms with Crippen molar-refractivity contribution in [3.63, 3.8) is 0 Å². The average Bonchev–Trinajstić information content (AvgIpc) is 3.28. The first-order chi connectivity index (χ1) is 11.8. The molecule has 0 bridgehead atoms. The van der Waals surface area contributed by atoms with Gasteiger partial charge in [0, 0.05) is 39.1 Å². The molecule has 1 unspecified atom stereocenters. The molecule has 3 rings (SSSR count). The number of guanidine groups is 1. The number of benzene rings is 1. The SMILES string of the molecule is CN=C(NCc1nccn1Cc1ccccc1)NCC1CCCO1. The molecule has 1 aliphatic rings. The van der Waals surface area contributed by atoms with Gasteiger partial charge in [-0.1, -0.05) is 30.3 Å². The molecule has 2 aromatic rings. The van der Waals surface area contributed by atoms with E-state index in [9.17, 15) is 0 Å². The summed E-state index contributed by atoms with van der Waals surface area (Å²) in [7, 11) is 1.78. The highest BCUT2D eigenvalue weighted by atomic mass is 16.5. The summed E-state index contributed by atoms with van der Waals surface area (Å²) in [6.45, 7) is 3.11. The molecule has 128 valence electrons. The van der Waals surface area contributed by atoms with Crippen LogP contribution in [0.25, 0.3) is 0 Å². The molecule has 2 N–H and O–H groups in total. The fraction of sp³-hybridized carbons (Fsp3) is 0.444. The minimum Gasteiger partial charge on any atom is -0.376 e. The van der Waals surface area contributed by atoms with Gasteiger partial charge in [0.2, 0.25) is 0 Å². The fourth-order valence-corrected chi connectivity index (χ4v) is 2.83. The number of rotatable bonds is 6. The topological polar surface area (TPSA) is 63.5 Å². The van der Waals surface area contributed by atoms with E-state index in [1.807, 2.05) is 18.5 Å². The summed E-state index contributed by atoms with van der Waals surface area (Å²) in [6.07, 6.45) is 6.40. The third kappa shape index (κ3) is 4.58. The van der Waals surface area contributed by atoms with Crippen LogP contribution in [-0.2, 0) is 17.8 Å². The second-order valence-electron chi connectivity index (χ2n) is 5.90. The van der Waals surface area contributed by atoms with Crippen LogP contribution in [0, 0.1) is 0 Å². The van der Waals surface area contributed by atoms with Crippen LogP contribution < -0.4 is 10.6 Å². The van der Waals surface area contributed by atoms with Crippen molar-refractivity contribution in [2.24, 2.45) is 4.99 Å². The van der Waals surface area contributed by atoms with E-state index in [0.29, 0.717) is 12.6 Å². The first-order valence-corrected chi connectivity index (χ1v) is 8.45. The average molecular weight is 327 g/mol. The lowest BCUT2D eigenvalue weighted by atomic mass is 10.2. The lowest BCUT2D eigenvalue weighted by Crippen LogP contribution is -2.41. The van der Waals surface area contributed by atoms with E-state index in [2.05, 4.69) is 49.4 Å². The predicted octanol–water partition coefficient (Wildman–Crippen LogP) is 1.78. The molecule has 1 fully saturated rings. The van der Waals surface area contributed by atoms with Gasteiger partial charge in [-0.2, -0.15) is 0 Å². The van der Waals surface area contributed by atoms with Crippen LogP contribution in [0.1, 0.15) is 24.2 Å². The summed E-state index contributed by atoms with van der Waals surface area (Å²) in [5.74, 6) is 1.76. The highest BCUT2D eigenvalue weighted by Gasteiger charge is 2.15. The molecule has 24 heavy (non-hydrogen) atoms. The van der Waals surface area contributed by atoms with Gasteiger partial charge in [-0.25, -0.2) is 4.98 Å². The second kappa shape index (κ2) is 8.49. The third-order valence-electron chi connectivity index (χ3n) is 4.16. The van der Waals surface area contributed by atoms with Crippen molar-refractivity contribution in [2.45, 2.75) is 32.0 Å². The second-order valence-corrected chi connectivity index (χ2v) is 5.90. The van der Waals surface area contributed by atoms with Crippen molar-refractivity contribution in [3.8, 4) is 0 Å². The minimum atomic E-state index is 0.295. The standard InChI is InChI=1S/C18H25N5O/c1-19-18(21-12-16-8-5-11-24-16)22-13-17-20-9-10-23(17)14-15-6-3-2-4-7-15/h2-4,6-7,9-10,16H,5,8,11-14H2,1H3,(H2,19,21,22). The van der Waals surface area contributed by atoms with E-state index in [-0.39, 0.29) is 0 Å². The number of ether oxygens (including phenoxy) is 1. The number of aromatic nitrogens is 2. The van der Waals surface area contributed by atoms with Gasteiger partial charge in [0.05, 0.1) is 12.6 Å². The number of nitrogens with zero attached hydrogens (tertiary/aromatic N) is 3. The van der Waals surface area contributed by atoms with Crippen LogP contribution >= 0.6 is 0 Å². The Hall–Kier alpha value is -2.34. The van der Waals surface area contributed by atoms with E-state index in [1.54, 1.807) is 7.05 Å². The fourth-order valence-electron chi connectivity index (χ4n) is 2.83. The molecule has 1 atom stereocenters. The van der Waals surface area contributed by atoms with Gasteiger partial charge in [0.25, 0.3) is 0 Å². The maximum Gasteiger partial charge on any atom is 0.191 e. The van der Waals surface area contributed by atoms with Gasteiger partial charge in [-0.3, -0.25) is 4.99 Å². The summed E-state index contributed by atoms with van der Waals surface area (Å²) in [6, 6.07) is 10.4. The van der Waals surface area contributed by atoms with Crippen molar-refractivity contribution >= 4 is 5.96 Å². The molecule has 1 saturated heterocycles. The Bertz CT molecular complexity index is 646. The number of imidazole rings is 1. The molecule has 1 aromatic heterocycles. The van der Waals surface area contributed by atoms with Gasteiger partial charge in [-0.05, 0) is 18.4 Å². The molecule has 1 aliphatic heterocycles. The van der Waals surface area contributed by atoms with E-state index in [1.165, 1.54) is 5.56 Å². The summed E-state index contributed by atoms with van der Waals surface area (Å²) in [5.41, 5.74) is 1.26. The molecule has 0 amide bonds. The Morgan fingerprint density at radius 2 is 2.21 bits per heavy atom. The van der Waals surface area contributed by atoms with E-state index < -0.39 is 0 Å². The number of hydrogen-bond donors (Lipinski definition) is 2. The Morgan fingerprint density at radius 3 is 2.96 bits per heavy atom. The monoisotopic (exact) mass is 327 g/mol. The zero-order valence-corrected chi connectivity index (χ0v) is 14.1. The lowest BCUT2D eigenvalue weighted by molar-refractivity contribution is 0.114. The molecule has 0 spiro atoms. The van der Waals surface area contributed by atoms with Crippen molar-refractivity contribution in [3.05, 3.63) is 54.1 Å². The van der Waals surface area contributed by atoms with Crippen molar-refractivity contribution in [1.82, 2.24) is 20.2 Å². The quantitative estimate of drug-likeness (QED) is 0.627. The van der Waals surface area contributed by atoms with Crippen LogP contribution in [0.5, 0.6) is 0 Å². The summed E-state index contributed by atoms with van der Waals surface area (Å²) in [5, 5.41) is 6.64. The van der Waals surface area contributed by atoms with Gasteiger partial charge in [0.1, 0.15) is 5.82 Å². The van der Waals surface area contributed by atoms with E-state index in [4.69, 9.17) is 4.74 Å². The Balaban J connectivity index is 1.51. The van der Waals surface area contributed by atoms with Gasteiger partial charge >= 0.3 is 0 Å². The van der Waals surface area contributed by atoms with Crippen LogP contribution in [0.2, 0.25) is 0 Å². The maximum atomic E-state index is 5.62. The number of aliphatic imine (C=N–C) groups is 1. The van der Waals surface area contributed by atoms with Crippen molar-refractivity contribution in [2.75, 3.05) is 20.2 Å². The van der Waals surface area contributed by atoms with E-state index >= 15 is 0 Å². The number of hydrogen-bond acceptors (Lipinski definition) is 3. The summed E-state index contributed by atoms with van der Waals surface area (Å²) < 4.78 is 7.77. The van der Waals surface area contributed by atoms with Crippen LogP contribution in [0.4, 0.5) is 0 Å². The molecule has 0 aliphatic carbocycles. The highest BCUT2D eigenvalue weighted by Crippen LogP contribution is 2.10. The van der Waals surface area contributed by atoms with Crippen LogP contribution in [0.15, 0.2) is 47.7 Å². The molecule has 6 nitrogen and oxygen atoms in total. The van der Waals surface area contributed by atoms with Crippen molar-refractivity contribution in [1.29, 1.82) is 0 Å². The molecule has 0 radical (unpaired) electrons. The smallest absolute Gasteiger partial charge is 0.191 e. The van der Waals surface area contributed by atoms with Gasteiger partial charge in [-0.15, -0.1) is 0 Å². The normalized spacial score (nSPS) is 17.9. The van der Waals surface area contributed by atoms with Crippen LogP contribution in [0.3, 0.4) is 0 Å². The molecule has 6 heteroatoms. The Labute approximate surface area is 143 Å². The first-order valence-electron chi connectivity index (χ1n) is 8.45. The highest BCUT2D eigenvalue weighted by molar-refractivity contribution is 5.79. The lowest BCUT2D eigenvalue weighted by Gasteiger charge is -2.15. The molecule has 2 heterocycles. The summed E-state index contributed by atoms with van der Waals surface area (Å²) >= 11 is 0. The Morgan fingerprint density at radius 1 is 1.33 bits per heavy atom. The zero-order valence-electron chi connectivity index (χ0n) is 14.1. The number of nitrogens with one attached hydrogen (secondary N) is 2. The molecular formula is C18H25N5O. The third-order valence-corrected chi connectivity index (χ3v) is 4.16. The first kappa shape index (κ1) is 16.5. The zero-order chi connectivity index (χ0) is 16.6. The van der Waals surface area contributed by atoms with Crippen LogP contribution in [-0.4, -0.2) is 41.8 Å².